The zero-order valence-electron chi connectivity index (χ0n) is 5.39. The molecule has 0 aliphatic heterocycles. The smallest absolute Gasteiger partial charge is 0.312 e. The van der Waals surface area contributed by atoms with Crippen LogP contribution >= 0.6 is 0 Å². The molecule has 0 aliphatic rings. The SMILES string of the molecule is NC(=O)NCCNC(N)=O. The standard InChI is InChI=1S/C4H10N4O2/c5-3(9)7-1-2-8-4(6)10/h1-2H2,(H3,5,7,9)(H3,6,8,10). The van der Waals surface area contributed by atoms with Crippen LogP contribution in [0.4, 0.5) is 9.59 Å². The van der Waals surface area contributed by atoms with Crippen LogP contribution in [0.1, 0.15) is 0 Å². The fourth-order valence-corrected chi connectivity index (χ4v) is 0.371. The Kier molecular flexibility index (Phi) is 3.78. The normalized spacial score (nSPS) is 8.40. The van der Waals surface area contributed by atoms with E-state index < -0.39 is 12.1 Å². The average Bonchev–Trinajstić information content (AvgIpc) is 1.79. The van der Waals surface area contributed by atoms with Crippen molar-refractivity contribution in [1.82, 2.24) is 10.6 Å². The molecule has 0 rings (SSSR count). The minimum absolute atomic E-state index is 0.290. The molecule has 6 heteroatoms. The lowest BCUT2D eigenvalue weighted by Crippen LogP contribution is -2.39. The zero-order chi connectivity index (χ0) is 7.98. The maximum absolute atomic E-state index is 10.0. The summed E-state index contributed by atoms with van der Waals surface area (Å²) in [6.45, 7) is 0.580. The van der Waals surface area contributed by atoms with Crippen LogP contribution in [0.3, 0.4) is 0 Å². The number of rotatable bonds is 3. The van der Waals surface area contributed by atoms with E-state index in [2.05, 4.69) is 10.6 Å². The molecule has 0 atom stereocenters. The number of hydrogen-bond donors (Lipinski definition) is 4. The summed E-state index contributed by atoms with van der Waals surface area (Å²) in [5, 5.41) is 4.54. The van der Waals surface area contributed by atoms with Gasteiger partial charge in [-0.1, -0.05) is 0 Å². The molecule has 0 heterocycles. The Hall–Kier alpha value is -1.46. The van der Waals surface area contributed by atoms with Gasteiger partial charge in [-0.25, -0.2) is 9.59 Å². The molecule has 0 aromatic carbocycles. The molecule has 6 N–H and O–H groups in total. The van der Waals surface area contributed by atoms with Crippen LogP contribution in [0.5, 0.6) is 0 Å². The van der Waals surface area contributed by atoms with Crippen LogP contribution in [0.2, 0.25) is 0 Å². The third-order valence-electron chi connectivity index (χ3n) is 0.723. The summed E-state index contributed by atoms with van der Waals surface area (Å²) >= 11 is 0. The molecule has 0 bridgehead atoms. The molecule has 0 radical (unpaired) electrons. The summed E-state index contributed by atoms with van der Waals surface area (Å²) in [5.41, 5.74) is 9.43. The topological polar surface area (TPSA) is 110 Å². The Balaban J connectivity index is 3.06. The number of nitrogens with two attached hydrogens (primary N) is 2. The van der Waals surface area contributed by atoms with E-state index in [9.17, 15) is 9.59 Å². The van der Waals surface area contributed by atoms with Crippen LogP contribution in [-0.4, -0.2) is 25.2 Å². The van der Waals surface area contributed by atoms with E-state index >= 15 is 0 Å². The van der Waals surface area contributed by atoms with Crippen molar-refractivity contribution in [3.63, 3.8) is 0 Å². The second kappa shape index (κ2) is 4.42. The summed E-state index contributed by atoms with van der Waals surface area (Å²) in [5.74, 6) is 0. The fourth-order valence-electron chi connectivity index (χ4n) is 0.371. The molecule has 0 spiro atoms. The molecule has 0 aliphatic carbocycles. The average molecular weight is 146 g/mol. The maximum Gasteiger partial charge on any atom is 0.312 e. The van der Waals surface area contributed by atoms with Gasteiger partial charge < -0.3 is 22.1 Å². The first-order valence-corrected chi connectivity index (χ1v) is 2.69. The number of amides is 4. The molecular formula is C4H10N4O2. The zero-order valence-corrected chi connectivity index (χ0v) is 5.39. The Labute approximate surface area is 57.9 Å². The molecule has 4 amide bonds. The number of hydrogen-bond acceptors (Lipinski definition) is 2. The van der Waals surface area contributed by atoms with E-state index in [1.807, 2.05) is 0 Å². The van der Waals surface area contributed by atoms with Crippen LogP contribution in [0.15, 0.2) is 0 Å². The van der Waals surface area contributed by atoms with Crippen molar-refractivity contribution < 1.29 is 9.59 Å². The molecule has 10 heavy (non-hydrogen) atoms. The van der Waals surface area contributed by atoms with E-state index in [0.717, 1.165) is 0 Å². The van der Waals surface area contributed by atoms with Gasteiger partial charge >= 0.3 is 12.1 Å². The van der Waals surface area contributed by atoms with E-state index in [1.54, 1.807) is 0 Å². The Bertz CT molecular complexity index is 119. The van der Waals surface area contributed by atoms with Gasteiger partial charge in [0.05, 0.1) is 0 Å². The summed E-state index contributed by atoms with van der Waals surface area (Å²) in [6, 6.07) is -1.24. The number of urea groups is 2. The third kappa shape index (κ3) is 6.54. The van der Waals surface area contributed by atoms with Gasteiger partial charge in [0.15, 0.2) is 0 Å². The lowest BCUT2D eigenvalue weighted by molar-refractivity contribution is 0.245. The minimum atomic E-state index is -0.619. The fraction of sp³-hybridized carbons (Fsp3) is 0.500. The van der Waals surface area contributed by atoms with E-state index in [4.69, 9.17) is 11.5 Å². The third-order valence-corrected chi connectivity index (χ3v) is 0.723. The predicted octanol–water partition coefficient (Wildman–Crippen LogP) is -1.68. The molecule has 0 aromatic rings. The van der Waals surface area contributed by atoms with Crippen LogP contribution in [0.25, 0.3) is 0 Å². The van der Waals surface area contributed by atoms with Crippen molar-refractivity contribution in [3.8, 4) is 0 Å². The summed E-state index contributed by atoms with van der Waals surface area (Å²) < 4.78 is 0. The second-order valence-electron chi connectivity index (χ2n) is 1.58. The monoisotopic (exact) mass is 146 g/mol. The number of carbonyl (C=O) groups is 2. The molecule has 58 valence electrons. The highest BCUT2D eigenvalue weighted by Gasteiger charge is 1.91. The van der Waals surface area contributed by atoms with Gasteiger partial charge in [-0.15, -0.1) is 0 Å². The molecule has 0 saturated carbocycles. The summed E-state index contributed by atoms with van der Waals surface area (Å²) in [6.07, 6.45) is 0. The first-order valence-electron chi connectivity index (χ1n) is 2.69. The largest absolute Gasteiger partial charge is 0.352 e. The quantitative estimate of drug-likeness (QED) is 0.357. The second-order valence-corrected chi connectivity index (χ2v) is 1.58. The van der Waals surface area contributed by atoms with Gasteiger partial charge in [-0.05, 0) is 0 Å². The highest BCUT2D eigenvalue weighted by atomic mass is 16.2. The molecule has 0 aromatic heterocycles. The lowest BCUT2D eigenvalue weighted by Gasteiger charge is -2.00. The number of nitrogens with one attached hydrogen (secondary N) is 2. The first kappa shape index (κ1) is 8.54. The predicted molar refractivity (Wildman–Crippen MR) is 35.2 cm³/mol. The Morgan fingerprint density at radius 3 is 1.50 bits per heavy atom. The molecule has 0 saturated heterocycles. The maximum atomic E-state index is 10.0. The highest BCUT2D eigenvalue weighted by Crippen LogP contribution is 1.58. The van der Waals surface area contributed by atoms with Gasteiger partial charge in [0.2, 0.25) is 0 Å². The van der Waals surface area contributed by atoms with E-state index in [1.165, 1.54) is 0 Å². The van der Waals surface area contributed by atoms with Crippen molar-refractivity contribution in [2.45, 2.75) is 0 Å². The van der Waals surface area contributed by atoms with Gasteiger partial charge in [-0.2, -0.15) is 0 Å². The molecule has 0 unspecified atom stereocenters. The van der Waals surface area contributed by atoms with Crippen molar-refractivity contribution in [2.75, 3.05) is 13.1 Å². The van der Waals surface area contributed by atoms with Gasteiger partial charge in [0, 0.05) is 13.1 Å². The molecule has 0 fully saturated rings. The van der Waals surface area contributed by atoms with Gasteiger partial charge in [0.25, 0.3) is 0 Å². The van der Waals surface area contributed by atoms with Crippen molar-refractivity contribution in [3.05, 3.63) is 0 Å². The highest BCUT2D eigenvalue weighted by molar-refractivity contribution is 5.72. The molecule has 6 nitrogen and oxygen atoms in total. The van der Waals surface area contributed by atoms with Crippen LogP contribution < -0.4 is 22.1 Å². The van der Waals surface area contributed by atoms with Gasteiger partial charge in [0.1, 0.15) is 0 Å². The minimum Gasteiger partial charge on any atom is -0.352 e. The van der Waals surface area contributed by atoms with Crippen molar-refractivity contribution in [2.24, 2.45) is 11.5 Å². The summed E-state index contributed by atoms with van der Waals surface area (Å²) in [7, 11) is 0. The first-order chi connectivity index (χ1) is 4.63. The van der Waals surface area contributed by atoms with Crippen molar-refractivity contribution >= 4 is 12.1 Å². The molecular weight excluding hydrogens is 136 g/mol. The lowest BCUT2D eigenvalue weighted by atomic mass is 10.6. The number of primary amides is 2. The van der Waals surface area contributed by atoms with Crippen LogP contribution in [0, 0.1) is 0 Å². The van der Waals surface area contributed by atoms with E-state index in [0.29, 0.717) is 0 Å². The number of carbonyl (C=O) groups excluding carboxylic acids is 2. The summed E-state index contributed by atoms with van der Waals surface area (Å²) in [4.78, 5) is 20.0. The van der Waals surface area contributed by atoms with Crippen LogP contribution in [-0.2, 0) is 0 Å². The Morgan fingerprint density at radius 2 is 1.30 bits per heavy atom. The van der Waals surface area contributed by atoms with Crippen molar-refractivity contribution in [1.29, 1.82) is 0 Å². The van der Waals surface area contributed by atoms with Gasteiger partial charge in [-0.3, -0.25) is 0 Å². The Morgan fingerprint density at radius 1 is 1.00 bits per heavy atom. The van der Waals surface area contributed by atoms with E-state index in [-0.39, 0.29) is 13.1 Å².